The number of hydrogen-bond acceptors (Lipinski definition) is 5. The van der Waals surface area contributed by atoms with Crippen molar-refractivity contribution in [3.63, 3.8) is 0 Å². The van der Waals surface area contributed by atoms with Gasteiger partial charge in [-0.05, 0) is 18.4 Å². The third-order valence-electron chi connectivity index (χ3n) is 4.13. The molecule has 2 aromatic heterocycles. The molecule has 6 nitrogen and oxygen atoms in total. The molecule has 1 N–H and O–H groups in total. The number of fused-ring (bicyclic) bond motifs is 1. The second-order valence-electron chi connectivity index (χ2n) is 5.76. The molecule has 0 spiro atoms. The van der Waals surface area contributed by atoms with Gasteiger partial charge in [-0.25, -0.2) is 14.6 Å². The summed E-state index contributed by atoms with van der Waals surface area (Å²) in [5, 5.41) is 8.80. The number of nitrogens with zero attached hydrogens (tertiary/aromatic N) is 4. The minimum Gasteiger partial charge on any atom is -0.376 e. The molecule has 1 unspecified atom stereocenters. The second kappa shape index (κ2) is 6.34. The molecule has 0 amide bonds. The van der Waals surface area contributed by atoms with Gasteiger partial charge in [0.2, 0.25) is 0 Å². The van der Waals surface area contributed by atoms with E-state index in [-0.39, 0.29) is 6.10 Å². The molecule has 1 atom stereocenters. The van der Waals surface area contributed by atoms with Gasteiger partial charge in [-0.2, -0.15) is 5.10 Å². The van der Waals surface area contributed by atoms with Gasteiger partial charge >= 0.3 is 0 Å². The topological polar surface area (TPSA) is 64.9 Å². The van der Waals surface area contributed by atoms with Gasteiger partial charge in [-0.15, -0.1) is 0 Å². The fourth-order valence-electron chi connectivity index (χ4n) is 2.92. The summed E-state index contributed by atoms with van der Waals surface area (Å²) in [7, 11) is 0. The Labute approximate surface area is 134 Å². The van der Waals surface area contributed by atoms with E-state index in [0.29, 0.717) is 6.54 Å². The third-order valence-corrected chi connectivity index (χ3v) is 4.13. The maximum absolute atomic E-state index is 5.64. The van der Waals surface area contributed by atoms with E-state index in [0.717, 1.165) is 42.8 Å². The first-order valence-corrected chi connectivity index (χ1v) is 7.96. The van der Waals surface area contributed by atoms with Gasteiger partial charge in [0.05, 0.1) is 24.2 Å². The van der Waals surface area contributed by atoms with Crippen LogP contribution in [-0.4, -0.2) is 39.0 Å². The van der Waals surface area contributed by atoms with Crippen molar-refractivity contribution in [2.24, 2.45) is 0 Å². The highest BCUT2D eigenvalue weighted by molar-refractivity contribution is 5.86. The Balaban J connectivity index is 1.56. The molecule has 3 aromatic rings. The van der Waals surface area contributed by atoms with Crippen LogP contribution < -0.4 is 5.32 Å². The summed E-state index contributed by atoms with van der Waals surface area (Å²) in [4.78, 5) is 8.75. The molecule has 3 heterocycles. The molecule has 1 fully saturated rings. The number of hydrogen-bond donors (Lipinski definition) is 1. The van der Waals surface area contributed by atoms with Crippen molar-refractivity contribution in [1.82, 2.24) is 19.7 Å². The Morgan fingerprint density at radius 2 is 2.13 bits per heavy atom. The molecular formula is C17H19N5O. The van der Waals surface area contributed by atoms with Crippen molar-refractivity contribution in [2.45, 2.75) is 25.5 Å². The van der Waals surface area contributed by atoms with Crippen LogP contribution in [0.15, 0.2) is 42.9 Å². The van der Waals surface area contributed by atoms with E-state index in [1.165, 1.54) is 5.56 Å². The van der Waals surface area contributed by atoms with Crippen LogP contribution in [0.2, 0.25) is 0 Å². The van der Waals surface area contributed by atoms with Gasteiger partial charge in [-0.1, -0.05) is 30.3 Å². The predicted octanol–water partition coefficient (Wildman–Crippen LogP) is 2.47. The van der Waals surface area contributed by atoms with Crippen LogP contribution in [-0.2, 0) is 11.3 Å². The highest BCUT2D eigenvalue weighted by atomic mass is 16.5. The molecule has 0 radical (unpaired) electrons. The highest BCUT2D eigenvalue weighted by Gasteiger charge is 2.16. The zero-order valence-corrected chi connectivity index (χ0v) is 12.9. The lowest BCUT2D eigenvalue weighted by Crippen LogP contribution is -2.19. The van der Waals surface area contributed by atoms with Crippen LogP contribution in [0.3, 0.4) is 0 Å². The van der Waals surface area contributed by atoms with Crippen molar-refractivity contribution >= 4 is 16.9 Å². The fourth-order valence-corrected chi connectivity index (χ4v) is 2.92. The van der Waals surface area contributed by atoms with Crippen molar-refractivity contribution in [1.29, 1.82) is 0 Å². The normalized spacial score (nSPS) is 17.7. The van der Waals surface area contributed by atoms with E-state index in [4.69, 9.17) is 4.74 Å². The Morgan fingerprint density at radius 3 is 2.96 bits per heavy atom. The van der Waals surface area contributed by atoms with E-state index in [9.17, 15) is 0 Å². The number of benzene rings is 1. The number of ether oxygens (including phenoxy) is 1. The van der Waals surface area contributed by atoms with Crippen LogP contribution in [0.1, 0.15) is 18.4 Å². The van der Waals surface area contributed by atoms with Crippen LogP contribution in [0.25, 0.3) is 11.0 Å². The molecule has 1 saturated heterocycles. The predicted molar refractivity (Wildman–Crippen MR) is 88.3 cm³/mol. The average Bonchev–Trinajstić information content (AvgIpc) is 3.24. The molecule has 1 aliphatic rings. The number of anilines is 1. The smallest absolute Gasteiger partial charge is 0.163 e. The van der Waals surface area contributed by atoms with E-state index >= 15 is 0 Å². The summed E-state index contributed by atoms with van der Waals surface area (Å²) in [6, 6.07) is 10.3. The maximum Gasteiger partial charge on any atom is 0.163 e. The maximum atomic E-state index is 5.64. The number of rotatable bonds is 5. The van der Waals surface area contributed by atoms with Crippen LogP contribution in [0.5, 0.6) is 0 Å². The highest BCUT2D eigenvalue weighted by Crippen LogP contribution is 2.20. The molecule has 1 aliphatic heterocycles. The van der Waals surface area contributed by atoms with E-state index < -0.39 is 0 Å². The second-order valence-corrected chi connectivity index (χ2v) is 5.76. The molecule has 0 saturated carbocycles. The van der Waals surface area contributed by atoms with E-state index in [1.54, 1.807) is 6.33 Å². The summed E-state index contributed by atoms with van der Waals surface area (Å²) >= 11 is 0. The summed E-state index contributed by atoms with van der Waals surface area (Å²) in [6.45, 7) is 2.34. The van der Waals surface area contributed by atoms with Crippen LogP contribution in [0, 0.1) is 0 Å². The zero-order chi connectivity index (χ0) is 15.5. The van der Waals surface area contributed by atoms with Crippen molar-refractivity contribution in [2.75, 3.05) is 18.5 Å². The third kappa shape index (κ3) is 3.03. The Kier molecular flexibility index (Phi) is 3.90. The van der Waals surface area contributed by atoms with Crippen molar-refractivity contribution in [3.05, 3.63) is 48.4 Å². The fraction of sp³-hybridized carbons (Fsp3) is 0.353. The van der Waals surface area contributed by atoms with E-state index in [1.807, 2.05) is 29.1 Å². The summed E-state index contributed by atoms with van der Waals surface area (Å²) in [5.74, 6) is 0.824. The minimum atomic E-state index is 0.277. The van der Waals surface area contributed by atoms with Crippen LogP contribution in [0.4, 0.5) is 5.82 Å². The SMILES string of the molecule is c1ccc(Cn2ncc3c(NCC4CCCO4)ncnc32)cc1. The van der Waals surface area contributed by atoms with Gasteiger partial charge < -0.3 is 10.1 Å². The van der Waals surface area contributed by atoms with Gasteiger partial charge in [0.25, 0.3) is 0 Å². The molecular weight excluding hydrogens is 290 g/mol. The first-order valence-electron chi connectivity index (χ1n) is 7.96. The number of aromatic nitrogens is 4. The lowest BCUT2D eigenvalue weighted by molar-refractivity contribution is 0.120. The molecule has 23 heavy (non-hydrogen) atoms. The van der Waals surface area contributed by atoms with Gasteiger partial charge in [0.15, 0.2) is 5.65 Å². The van der Waals surface area contributed by atoms with Gasteiger partial charge in [-0.3, -0.25) is 0 Å². The molecule has 118 valence electrons. The summed E-state index contributed by atoms with van der Waals surface area (Å²) < 4.78 is 7.55. The Morgan fingerprint density at radius 1 is 1.22 bits per heavy atom. The molecule has 0 aliphatic carbocycles. The number of nitrogens with one attached hydrogen (secondary N) is 1. The van der Waals surface area contributed by atoms with Gasteiger partial charge in [0, 0.05) is 13.2 Å². The lowest BCUT2D eigenvalue weighted by atomic mass is 10.2. The Hall–Kier alpha value is -2.47. The first-order chi connectivity index (χ1) is 11.4. The van der Waals surface area contributed by atoms with Crippen LogP contribution >= 0.6 is 0 Å². The molecule has 6 heteroatoms. The van der Waals surface area contributed by atoms with E-state index in [2.05, 4.69) is 32.5 Å². The largest absolute Gasteiger partial charge is 0.376 e. The lowest BCUT2D eigenvalue weighted by Gasteiger charge is -2.11. The summed E-state index contributed by atoms with van der Waals surface area (Å²) in [6.07, 6.45) is 5.94. The van der Waals surface area contributed by atoms with Crippen molar-refractivity contribution in [3.8, 4) is 0 Å². The Bertz CT molecular complexity index is 780. The quantitative estimate of drug-likeness (QED) is 0.784. The van der Waals surface area contributed by atoms with Gasteiger partial charge in [0.1, 0.15) is 12.1 Å². The van der Waals surface area contributed by atoms with Crippen molar-refractivity contribution < 1.29 is 4.74 Å². The molecule has 4 rings (SSSR count). The average molecular weight is 309 g/mol. The summed E-state index contributed by atoms with van der Waals surface area (Å²) in [5.41, 5.74) is 2.05. The first kappa shape index (κ1) is 14.1. The zero-order valence-electron chi connectivity index (χ0n) is 12.9. The minimum absolute atomic E-state index is 0.277. The molecule has 1 aromatic carbocycles. The standard InChI is InChI=1S/C17H19N5O/c1-2-5-13(6-3-1)11-22-17-15(10-21-22)16(19-12-20-17)18-9-14-7-4-8-23-14/h1-3,5-6,10,12,14H,4,7-9,11H2,(H,18,19,20). The molecule has 0 bridgehead atoms. The monoisotopic (exact) mass is 309 g/mol.